The molecule has 3 N–H and O–H groups in total. The van der Waals surface area contributed by atoms with Crippen LogP contribution in [0.2, 0.25) is 0 Å². The molecule has 0 aliphatic carbocycles. The van der Waals surface area contributed by atoms with Crippen LogP contribution in [0.1, 0.15) is 22.2 Å². The fourth-order valence-electron chi connectivity index (χ4n) is 2.58. The molecule has 0 aliphatic rings. The van der Waals surface area contributed by atoms with Gasteiger partial charge in [0.1, 0.15) is 16.3 Å². The largest absolute Gasteiger partial charge is 0.508 e. The van der Waals surface area contributed by atoms with Crippen molar-refractivity contribution in [3.05, 3.63) is 53.3 Å². The smallest absolute Gasteiger partial charge is 0.339 e. The summed E-state index contributed by atoms with van der Waals surface area (Å²) in [4.78, 5) is 28.2. The van der Waals surface area contributed by atoms with Crippen LogP contribution >= 0.6 is 11.3 Å². The molecule has 1 atom stereocenters. The predicted octanol–water partition coefficient (Wildman–Crippen LogP) is 3.55. The Kier molecular flexibility index (Phi) is 5.74. The summed E-state index contributed by atoms with van der Waals surface area (Å²) < 4.78 is 16.0. The van der Waals surface area contributed by atoms with Gasteiger partial charge in [-0.3, -0.25) is 4.79 Å². The molecule has 1 aromatic carbocycles. The van der Waals surface area contributed by atoms with Gasteiger partial charge in [-0.2, -0.15) is 0 Å². The van der Waals surface area contributed by atoms with Crippen molar-refractivity contribution in [3.8, 4) is 16.3 Å². The number of carboxylic acid groups (broad SMARTS) is 1. The van der Waals surface area contributed by atoms with Crippen molar-refractivity contribution < 1.29 is 24.2 Å². The zero-order chi connectivity index (χ0) is 20.3. The molecule has 146 valence electrons. The Labute approximate surface area is 164 Å². The number of hydrogen-bond acceptors (Lipinski definition) is 5. The predicted molar refractivity (Wildman–Crippen MR) is 104 cm³/mol. The molecule has 0 saturated carbocycles. The molecule has 3 rings (SSSR count). The molecule has 9 heteroatoms. The van der Waals surface area contributed by atoms with Crippen molar-refractivity contribution in [2.45, 2.75) is 26.1 Å². The molecule has 28 heavy (non-hydrogen) atoms. The number of carbonyl (C=O) groups is 2. The summed E-state index contributed by atoms with van der Waals surface area (Å²) in [5.74, 6) is -1.96. The van der Waals surface area contributed by atoms with Gasteiger partial charge in [-0.1, -0.05) is 0 Å². The van der Waals surface area contributed by atoms with Gasteiger partial charge >= 0.3 is 5.97 Å². The van der Waals surface area contributed by atoms with E-state index in [1.165, 1.54) is 42.1 Å². The number of aryl methyl sites for hydroxylation is 1. The second kappa shape index (κ2) is 8.22. The summed E-state index contributed by atoms with van der Waals surface area (Å²) in [5, 5.41) is 21.5. The highest BCUT2D eigenvalue weighted by atomic mass is 32.1. The first-order valence-corrected chi connectivity index (χ1v) is 9.31. The number of phenolic OH excluding ortho intramolecular Hbond substituents is 1. The lowest BCUT2D eigenvalue weighted by Gasteiger charge is -2.08. The van der Waals surface area contributed by atoms with Gasteiger partial charge in [-0.05, 0) is 31.2 Å². The standard InChI is InChI=1S/C19H18FN3O4S/c1-2-23-9-14(19(26)27)16(10-23)22-17(25)15(20)7-13-8-21-18(28-13)11-3-5-12(24)6-4-11/h3-6,8-10,15,24H,2,7H2,1H3,(H,22,25)(H,26,27). The minimum Gasteiger partial charge on any atom is -0.508 e. The van der Waals surface area contributed by atoms with Crippen LogP contribution in [0.25, 0.3) is 10.6 Å². The zero-order valence-electron chi connectivity index (χ0n) is 14.9. The third-order valence-corrected chi connectivity index (χ3v) is 5.13. The van der Waals surface area contributed by atoms with E-state index in [1.54, 1.807) is 16.7 Å². The fourth-order valence-corrected chi connectivity index (χ4v) is 3.52. The molecule has 0 radical (unpaired) electrons. The van der Waals surface area contributed by atoms with Crippen LogP contribution in [0.4, 0.5) is 10.1 Å². The van der Waals surface area contributed by atoms with Crippen LogP contribution in [0, 0.1) is 0 Å². The number of aromatic hydroxyl groups is 1. The van der Waals surface area contributed by atoms with Gasteiger partial charge in [0, 0.05) is 42.0 Å². The van der Waals surface area contributed by atoms with E-state index in [4.69, 9.17) is 0 Å². The number of thiazole rings is 1. The molecular weight excluding hydrogens is 385 g/mol. The van der Waals surface area contributed by atoms with E-state index in [1.807, 2.05) is 6.92 Å². The number of halogens is 1. The molecule has 0 fully saturated rings. The molecule has 3 aromatic rings. The van der Waals surface area contributed by atoms with Crippen molar-refractivity contribution in [1.29, 1.82) is 0 Å². The molecule has 1 amide bonds. The van der Waals surface area contributed by atoms with Crippen LogP contribution in [0.5, 0.6) is 5.75 Å². The monoisotopic (exact) mass is 403 g/mol. The Morgan fingerprint density at radius 3 is 2.64 bits per heavy atom. The Morgan fingerprint density at radius 1 is 1.29 bits per heavy atom. The first-order chi connectivity index (χ1) is 13.4. The van der Waals surface area contributed by atoms with E-state index >= 15 is 0 Å². The number of carboxylic acids is 1. The minimum atomic E-state index is -1.85. The van der Waals surface area contributed by atoms with E-state index in [0.717, 1.165) is 5.56 Å². The fraction of sp³-hybridized carbons (Fsp3) is 0.211. The number of phenols is 1. The Bertz CT molecular complexity index is 997. The number of alkyl halides is 1. The third kappa shape index (κ3) is 4.37. The van der Waals surface area contributed by atoms with Crippen molar-refractivity contribution in [2.75, 3.05) is 5.32 Å². The molecule has 7 nitrogen and oxygen atoms in total. The minimum absolute atomic E-state index is 0.0658. The summed E-state index contributed by atoms with van der Waals surface area (Å²) >= 11 is 1.25. The Morgan fingerprint density at radius 2 is 2.00 bits per heavy atom. The molecule has 0 saturated heterocycles. The first-order valence-electron chi connectivity index (χ1n) is 8.49. The number of anilines is 1. The number of carbonyl (C=O) groups excluding carboxylic acids is 1. The molecule has 1 unspecified atom stereocenters. The Balaban J connectivity index is 1.67. The van der Waals surface area contributed by atoms with Gasteiger partial charge in [0.15, 0.2) is 6.17 Å². The van der Waals surface area contributed by atoms with E-state index in [2.05, 4.69) is 10.3 Å². The van der Waals surface area contributed by atoms with Gasteiger partial charge in [0.05, 0.1) is 5.69 Å². The topological polar surface area (TPSA) is 104 Å². The van der Waals surface area contributed by atoms with Gasteiger partial charge in [-0.15, -0.1) is 11.3 Å². The van der Waals surface area contributed by atoms with Gasteiger partial charge in [-0.25, -0.2) is 14.2 Å². The SMILES string of the molecule is CCn1cc(NC(=O)C(F)Cc2cnc(-c3ccc(O)cc3)s2)c(C(=O)O)c1. The number of rotatable bonds is 7. The molecule has 0 spiro atoms. The molecule has 2 heterocycles. The highest BCUT2D eigenvalue weighted by Crippen LogP contribution is 2.28. The van der Waals surface area contributed by atoms with Crippen LogP contribution in [0.3, 0.4) is 0 Å². The Hall–Kier alpha value is -3.20. The van der Waals surface area contributed by atoms with Crippen molar-refractivity contribution in [2.24, 2.45) is 0 Å². The van der Waals surface area contributed by atoms with Crippen LogP contribution in [-0.4, -0.2) is 37.8 Å². The maximum absolute atomic E-state index is 14.4. The molecular formula is C19H18FN3O4S. The highest BCUT2D eigenvalue weighted by molar-refractivity contribution is 7.15. The number of aromatic nitrogens is 2. The van der Waals surface area contributed by atoms with E-state index in [0.29, 0.717) is 16.4 Å². The van der Waals surface area contributed by atoms with Crippen molar-refractivity contribution >= 4 is 28.9 Å². The van der Waals surface area contributed by atoms with Gasteiger partial charge in [0.2, 0.25) is 0 Å². The maximum atomic E-state index is 14.4. The van der Waals surface area contributed by atoms with Crippen LogP contribution < -0.4 is 5.32 Å². The second-order valence-electron chi connectivity index (χ2n) is 6.06. The van der Waals surface area contributed by atoms with E-state index < -0.39 is 18.0 Å². The molecule has 0 bridgehead atoms. The number of hydrogen-bond donors (Lipinski definition) is 3. The average molecular weight is 403 g/mol. The summed E-state index contributed by atoms with van der Waals surface area (Å²) in [6, 6.07) is 6.46. The average Bonchev–Trinajstić information content (AvgIpc) is 3.29. The lowest BCUT2D eigenvalue weighted by Crippen LogP contribution is -2.26. The van der Waals surface area contributed by atoms with Crippen molar-refractivity contribution in [1.82, 2.24) is 9.55 Å². The van der Waals surface area contributed by atoms with E-state index in [-0.39, 0.29) is 23.4 Å². The summed E-state index contributed by atoms with van der Waals surface area (Å²) in [6.07, 6.45) is 2.34. The summed E-state index contributed by atoms with van der Waals surface area (Å²) in [7, 11) is 0. The quantitative estimate of drug-likeness (QED) is 0.560. The maximum Gasteiger partial charge on any atom is 0.339 e. The number of amides is 1. The molecule has 2 aromatic heterocycles. The number of aromatic carboxylic acids is 1. The lowest BCUT2D eigenvalue weighted by molar-refractivity contribution is -0.120. The third-order valence-electron chi connectivity index (χ3n) is 4.07. The zero-order valence-corrected chi connectivity index (χ0v) is 15.7. The van der Waals surface area contributed by atoms with Crippen LogP contribution in [0.15, 0.2) is 42.9 Å². The number of benzene rings is 1. The van der Waals surface area contributed by atoms with Gasteiger partial charge < -0.3 is 20.1 Å². The lowest BCUT2D eigenvalue weighted by atomic mass is 10.2. The molecule has 0 aliphatic heterocycles. The number of nitrogens with one attached hydrogen (secondary N) is 1. The number of nitrogens with zero attached hydrogens (tertiary/aromatic N) is 2. The normalized spacial score (nSPS) is 11.9. The summed E-state index contributed by atoms with van der Waals surface area (Å²) in [5.41, 5.74) is 0.756. The first kappa shape index (κ1) is 19.6. The summed E-state index contributed by atoms with van der Waals surface area (Å²) in [6.45, 7) is 2.35. The highest BCUT2D eigenvalue weighted by Gasteiger charge is 2.23. The second-order valence-corrected chi connectivity index (χ2v) is 7.18. The van der Waals surface area contributed by atoms with Crippen LogP contribution in [-0.2, 0) is 17.8 Å². The van der Waals surface area contributed by atoms with E-state index in [9.17, 15) is 24.2 Å². The van der Waals surface area contributed by atoms with Crippen molar-refractivity contribution in [3.63, 3.8) is 0 Å². The van der Waals surface area contributed by atoms with Gasteiger partial charge in [0.25, 0.3) is 5.91 Å².